The van der Waals surface area contributed by atoms with Gasteiger partial charge in [-0.1, -0.05) is 12.1 Å². The summed E-state index contributed by atoms with van der Waals surface area (Å²) >= 11 is 0. The summed E-state index contributed by atoms with van der Waals surface area (Å²) in [5.74, 6) is -0.291. The Balaban J connectivity index is 2.38. The van der Waals surface area contributed by atoms with Crippen LogP contribution >= 0.6 is 0 Å². The Hall–Kier alpha value is -3.16. The molecule has 0 radical (unpaired) electrons. The number of nitro groups is 1. The molecule has 0 saturated carbocycles. The summed E-state index contributed by atoms with van der Waals surface area (Å²) in [6, 6.07) is 9.93. The summed E-state index contributed by atoms with van der Waals surface area (Å²) in [6.45, 7) is 10.3. The van der Waals surface area contributed by atoms with E-state index in [1.165, 1.54) is 12.1 Å². The zero-order chi connectivity index (χ0) is 21.8. The SMILES string of the molecule is C[C@@H](Oc1cccc([N+](=O)[O-])c1NC(C)(C)C(=O)OC(C)(C)C)c1ccccn1. The highest BCUT2D eigenvalue weighted by Crippen LogP contribution is 2.38. The third-order valence-corrected chi connectivity index (χ3v) is 3.96. The summed E-state index contributed by atoms with van der Waals surface area (Å²) < 4.78 is 11.4. The lowest BCUT2D eigenvalue weighted by atomic mass is 10.0. The number of pyridine rings is 1. The number of hydrogen-bond donors (Lipinski definition) is 1. The number of nitrogens with zero attached hydrogens (tertiary/aromatic N) is 2. The Morgan fingerprint density at radius 1 is 1.14 bits per heavy atom. The molecule has 0 aliphatic heterocycles. The highest BCUT2D eigenvalue weighted by Gasteiger charge is 2.35. The minimum absolute atomic E-state index is 0.108. The molecule has 0 bridgehead atoms. The maximum absolute atomic E-state index is 12.6. The predicted molar refractivity (Wildman–Crippen MR) is 110 cm³/mol. The van der Waals surface area contributed by atoms with E-state index in [2.05, 4.69) is 10.3 Å². The molecule has 0 aliphatic rings. The van der Waals surface area contributed by atoms with Crippen molar-refractivity contribution in [1.82, 2.24) is 4.98 Å². The minimum Gasteiger partial charge on any atom is -0.482 e. The normalized spacial score (nSPS) is 12.8. The molecule has 156 valence electrons. The molecule has 1 aromatic heterocycles. The van der Waals surface area contributed by atoms with Crippen LogP contribution < -0.4 is 10.1 Å². The molecule has 0 saturated heterocycles. The van der Waals surface area contributed by atoms with Crippen molar-refractivity contribution in [2.45, 2.75) is 58.8 Å². The molecule has 1 heterocycles. The van der Waals surface area contributed by atoms with Gasteiger partial charge in [-0.3, -0.25) is 15.1 Å². The van der Waals surface area contributed by atoms with E-state index in [1.54, 1.807) is 65.9 Å². The average Bonchev–Trinajstić information content (AvgIpc) is 2.62. The monoisotopic (exact) mass is 401 g/mol. The molecule has 1 N–H and O–H groups in total. The van der Waals surface area contributed by atoms with Crippen LogP contribution in [0.3, 0.4) is 0 Å². The zero-order valence-electron chi connectivity index (χ0n) is 17.6. The maximum Gasteiger partial charge on any atom is 0.331 e. The molecule has 0 unspecified atom stereocenters. The van der Waals surface area contributed by atoms with Gasteiger partial charge in [0.15, 0.2) is 11.4 Å². The lowest BCUT2D eigenvalue weighted by Gasteiger charge is -2.30. The van der Waals surface area contributed by atoms with Gasteiger partial charge in [0.2, 0.25) is 0 Å². The van der Waals surface area contributed by atoms with Crippen molar-refractivity contribution < 1.29 is 19.2 Å². The van der Waals surface area contributed by atoms with Crippen molar-refractivity contribution in [3.05, 3.63) is 58.4 Å². The van der Waals surface area contributed by atoms with Gasteiger partial charge < -0.3 is 14.8 Å². The fourth-order valence-electron chi connectivity index (χ4n) is 2.53. The molecule has 0 fully saturated rings. The molecular formula is C21H27N3O5. The van der Waals surface area contributed by atoms with Gasteiger partial charge in [-0.25, -0.2) is 4.79 Å². The van der Waals surface area contributed by atoms with E-state index in [1.807, 2.05) is 6.07 Å². The second-order valence-electron chi connectivity index (χ2n) is 8.17. The van der Waals surface area contributed by atoms with E-state index >= 15 is 0 Å². The summed E-state index contributed by atoms with van der Waals surface area (Å²) in [4.78, 5) is 27.9. The van der Waals surface area contributed by atoms with Gasteiger partial charge in [0.1, 0.15) is 17.2 Å². The predicted octanol–water partition coefficient (Wildman–Crippen LogP) is 4.66. The molecular weight excluding hydrogens is 374 g/mol. The molecule has 0 amide bonds. The molecule has 1 aromatic carbocycles. The van der Waals surface area contributed by atoms with Crippen LogP contribution in [0.5, 0.6) is 5.75 Å². The van der Waals surface area contributed by atoms with Gasteiger partial charge in [-0.2, -0.15) is 0 Å². The second kappa shape index (κ2) is 8.46. The number of carbonyl (C=O) groups excluding carboxylic acids is 1. The molecule has 0 spiro atoms. The van der Waals surface area contributed by atoms with Crippen molar-refractivity contribution in [1.29, 1.82) is 0 Å². The average molecular weight is 401 g/mol. The number of anilines is 1. The van der Waals surface area contributed by atoms with E-state index in [0.29, 0.717) is 5.69 Å². The smallest absolute Gasteiger partial charge is 0.331 e. The van der Waals surface area contributed by atoms with Crippen LogP contribution in [0.4, 0.5) is 11.4 Å². The quantitative estimate of drug-likeness (QED) is 0.409. The Bertz CT molecular complexity index is 876. The maximum atomic E-state index is 12.6. The third kappa shape index (κ3) is 5.91. The fraction of sp³-hybridized carbons (Fsp3) is 0.429. The van der Waals surface area contributed by atoms with Crippen LogP contribution in [0.2, 0.25) is 0 Å². The summed E-state index contributed by atoms with van der Waals surface area (Å²) in [7, 11) is 0. The van der Waals surface area contributed by atoms with Gasteiger partial charge in [-0.05, 0) is 59.7 Å². The first-order chi connectivity index (χ1) is 13.4. The first-order valence-corrected chi connectivity index (χ1v) is 9.27. The lowest BCUT2D eigenvalue weighted by Crippen LogP contribution is -2.44. The molecule has 2 rings (SSSR count). The van der Waals surface area contributed by atoms with E-state index in [0.717, 1.165) is 0 Å². The highest BCUT2D eigenvalue weighted by molar-refractivity contribution is 5.86. The summed E-state index contributed by atoms with van der Waals surface area (Å²) in [5.41, 5.74) is -1.34. The number of nitrogens with one attached hydrogen (secondary N) is 1. The van der Waals surface area contributed by atoms with Gasteiger partial charge in [-0.15, -0.1) is 0 Å². The highest BCUT2D eigenvalue weighted by atomic mass is 16.6. The van der Waals surface area contributed by atoms with Gasteiger partial charge in [0.05, 0.1) is 10.6 Å². The van der Waals surface area contributed by atoms with Crippen LogP contribution in [-0.2, 0) is 9.53 Å². The van der Waals surface area contributed by atoms with Crippen LogP contribution in [0.25, 0.3) is 0 Å². The Kier molecular flexibility index (Phi) is 6.46. The van der Waals surface area contributed by atoms with Crippen LogP contribution in [0.1, 0.15) is 53.3 Å². The molecule has 8 heteroatoms. The zero-order valence-corrected chi connectivity index (χ0v) is 17.6. The number of aromatic nitrogens is 1. The van der Waals surface area contributed by atoms with Gasteiger partial charge in [0.25, 0.3) is 5.69 Å². The van der Waals surface area contributed by atoms with Gasteiger partial charge >= 0.3 is 5.97 Å². The summed E-state index contributed by atoms with van der Waals surface area (Å²) in [6.07, 6.45) is 1.19. The number of carbonyl (C=O) groups is 1. The third-order valence-electron chi connectivity index (χ3n) is 3.96. The molecule has 8 nitrogen and oxygen atoms in total. The van der Waals surface area contributed by atoms with Crippen molar-refractivity contribution in [3.63, 3.8) is 0 Å². The van der Waals surface area contributed by atoms with E-state index in [9.17, 15) is 14.9 Å². The second-order valence-corrected chi connectivity index (χ2v) is 8.17. The molecule has 1 atom stereocenters. The van der Waals surface area contributed by atoms with Crippen molar-refractivity contribution in [3.8, 4) is 5.75 Å². The summed E-state index contributed by atoms with van der Waals surface area (Å²) in [5, 5.41) is 14.6. The Morgan fingerprint density at radius 3 is 2.38 bits per heavy atom. The van der Waals surface area contributed by atoms with E-state index in [4.69, 9.17) is 9.47 Å². The van der Waals surface area contributed by atoms with Crippen molar-refractivity contribution in [2.24, 2.45) is 0 Å². The number of rotatable bonds is 7. The van der Waals surface area contributed by atoms with E-state index in [-0.39, 0.29) is 17.1 Å². The number of nitro benzene ring substituents is 1. The van der Waals surface area contributed by atoms with E-state index < -0.39 is 28.1 Å². The fourth-order valence-corrected chi connectivity index (χ4v) is 2.53. The van der Waals surface area contributed by atoms with Crippen LogP contribution in [-0.4, -0.2) is 27.0 Å². The molecule has 29 heavy (non-hydrogen) atoms. The number of ether oxygens (including phenoxy) is 2. The Labute approximate surface area is 170 Å². The minimum atomic E-state index is -1.23. The van der Waals surface area contributed by atoms with Crippen molar-refractivity contribution >= 4 is 17.3 Å². The standard InChI is InChI=1S/C21H27N3O5/c1-14(15-10-7-8-13-22-15)28-17-12-9-11-16(24(26)27)18(17)23-21(5,6)19(25)29-20(2,3)4/h7-14,23H,1-6H3/t14-/m1/s1. The number of benzene rings is 1. The van der Waals surface area contributed by atoms with Crippen LogP contribution in [0, 0.1) is 10.1 Å². The van der Waals surface area contributed by atoms with Gasteiger partial charge in [0, 0.05) is 12.3 Å². The van der Waals surface area contributed by atoms with Crippen molar-refractivity contribution in [2.75, 3.05) is 5.32 Å². The molecule has 0 aliphatic carbocycles. The number of para-hydroxylation sites is 1. The molecule has 2 aromatic rings. The number of hydrogen-bond acceptors (Lipinski definition) is 7. The largest absolute Gasteiger partial charge is 0.482 e. The Morgan fingerprint density at radius 2 is 1.83 bits per heavy atom. The first kappa shape index (κ1) is 22.1. The van der Waals surface area contributed by atoms with Crippen LogP contribution in [0.15, 0.2) is 42.6 Å². The lowest BCUT2D eigenvalue weighted by molar-refractivity contribution is -0.384. The topological polar surface area (TPSA) is 104 Å². The number of esters is 1. The first-order valence-electron chi connectivity index (χ1n) is 9.27.